The van der Waals surface area contributed by atoms with Crippen molar-refractivity contribution >= 4 is 5.91 Å². The Kier molecular flexibility index (Phi) is 5.57. The SMILES string of the molecule is CCC(=O)NC1CCCN(Cn2nc(C(C)(C)C)ccc2=O)C1. The summed E-state index contributed by atoms with van der Waals surface area (Å²) in [6, 6.07) is 3.56. The smallest absolute Gasteiger partial charge is 0.267 e. The molecule has 0 aliphatic carbocycles. The van der Waals surface area contributed by atoms with Gasteiger partial charge in [-0.05, 0) is 18.9 Å². The summed E-state index contributed by atoms with van der Waals surface area (Å²) in [6.45, 7) is 10.3. The summed E-state index contributed by atoms with van der Waals surface area (Å²) in [5.41, 5.74) is 0.734. The third-order valence-electron chi connectivity index (χ3n) is 4.16. The highest BCUT2D eigenvalue weighted by Crippen LogP contribution is 2.18. The van der Waals surface area contributed by atoms with Crippen molar-refractivity contribution in [2.45, 2.75) is 65.1 Å². The first-order valence-corrected chi connectivity index (χ1v) is 8.40. The highest BCUT2D eigenvalue weighted by Gasteiger charge is 2.22. The number of aromatic nitrogens is 2. The third-order valence-corrected chi connectivity index (χ3v) is 4.16. The zero-order chi connectivity index (χ0) is 17.0. The molecule has 1 aliphatic rings. The molecule has 1 atom stereocenters. The molecule has 6 nitrogen and oxygen atoms in total. The lowest BCUT2D eigenvalue weighted by molar-refractivity contribution is -0.121. The number of carbonyl (C=O) groups is 1. The van der Waals surface area contributed by atoms with Crippen LogP contribution in [0.2, 0.25) is 0 Å². The fourth-order valence-electron chi connectivity index (χ4n) is 2.77. The van der Waals surface area contributed by atoms with Gasteiger partial charge in [0.25, 0.3) is 5.56 Å². The van der Waals surface area contributed by atoms with E-state index < -0.39 is 0 Å². The Morgan fingerprint density at radius 3 is 2.78 bits per heavy atom. The summed E-state index contributed by atoms with van der Waals surface area (Å²) in [7, 11) is 0. The minimum absolute atomic E-state index is 0.0851. The standard InChI is InChI=1S/C17H28N4O2/c1-5-15(22)18-13-7-6-10-20(11-13)12-21-16(23)9-8-14(19-21)17(2,3)4/h8-9,13H,5-7,10-12H2,1-4H3,(H,18,22). The second kappa shape index (κ2) is 7.25. The quantitative estimate of drug-likeness (QED) is 0.913. The van der Waals surface area contributed by atoms with Crippen LogP contribution >= 0.6 is 0 Å². The Morgan fingerprint density at radius 1 is 1.39 bits per heavy atom. The van der Waals surface area contributed by atoms with Crippen molar-refractivity contribution in [2.75, 3.05) is 13.1 Å². The van der Waals surface area contributed by atoms with Gasteiger partial charge in [0, 0.05) is 37.0 Å². The maximum Gasteiger partial charge on any atom is 0.267 e. The molecular formula is C17H28N4O2. The number of hydrogen-bond acceptors (Lipinski definition) is 4. The number of carbonyl (C=O) groups excluding carboxylic acids is 1. The Morgan fingerprint density at radius 2 is 2.13 bits per heavy atom. The molecular weight excluding hydrogens is 292 g/mol. The summed E-state index contributed by atoms with van der Waals surface area (Å²) in [6.07, 6.45) is 2.51. The first kappa shape index (κ1) is 17.7. The van der Waals surface area contributed by atoms with Gasteiger partial charge in [-0.2, -0.15) is 5.10 Å². The molecule has 128 valence electrons. The average molecular weight is 320 g/mol. The van der Waals surface area contributed by atoms with E-state index in [1.54, 1.807) is 12.1 Å². The zero-order valence-electron chi connectivity index (χ0n) is 14.6. The van der Waals surface area contributed by atoms with E-state index in [0.29, 0.717) is 13.1 Å². The molecule has 2 rings (SSSR count). The van der Waals surface area contributed by atoms with Crippen molar-refractivity contribution in [3.05, 3.63) is 28.2 Å². The predicted molar refractivity (Wildman–Crippen MR) is 90.2 cm³/mol. The second-order valence-electron chi connectivity index (χ2n) is 7.28. The van der Waals surface area contributed by atoms with Crippen LogP contribution in [0.15, 0.2) is 16.9 Å². The predicted octanol–water partition coefficient (Wildman–Crippen LogP) is 1.49. The Labute approximate surface area is 137 Å². The normalized spacial score (nSPS) is 19.6. The lowest BCUT2D eigenvalue weighted by atomic mass is 9.92. The fourth-order valence-corrected chi connectivity index (χ4v) is 2.77. The lowest BCUT2D eigenvalue weighted by Crippen LogP contribution is -2.49. The summed E-state index contributed by atoms with van der Waals surface area (Å²) < 4.78 is 1.53. The summed E-state index contributed by atoms with van der Waals surface area (Å²) in [4.78, 5) is 25.8. The molecule has 0 radical (unpaired) electrons. The van der Waals surface area contributed by atoms with Crippen molar-refractivity contribution in [1.29, 1.82) is 0 Å². The number of piperidine rings is 1. The van der Waals surface area contributed by atoms with Crippen LogP contribution in [0.1, 0.15) is 52.7 Å². The van der Waals surface area contributed by atoms with Gasteiger partial charge in [-0.3, -0.25) is 14.5 Å². The molecule has 2 heterocycles. The van der Waals surface area contributed by atoms with Crippen LogP contribution in [0.4, 0.5) is 0 Å². The topological polar surface area (TPSA) is 67.2 Å². The van der Waals surface area contributed by atoms with Crippen LogP contribution in [0, 0.1) is 0 Å². The molecule has 1 unspecified atom stereocenters. The lowest BCUT2D eigenvalue weighted by Gasteiger charge is -2.33. The molecule has 0 bridgehead atoms. The van der Waals surface area contributed by atoms with E-state index in [4.69, 9.17) is 0 Å². The largest absolute Gasteiger partial charge is 0.352 e. The van der Waals surface area contributed by atoms with Gasteiger partial charge in [-0.25, -0.2) is 4.68 Å². The van der Waals surface area contributed by atoms with Crippen molar-refractivity contribution in [3.63, 3.8) is 0 Å². The van der Waals surface area contributed by atoms with Crippen LogP contribution in [-0.4, -0.2) is 39.7 Å². The van der Waals surface area contributed by atoms with Crippen molar-refractivity contribution in [1.82, 2.24) is 20.0 Å². The van der Waals surface area contributed by atoms with E-state index in [0.717, 1.165) is 31.6 Å². The second-order valence-corrected chi connectivity index (χ2v) is 7.28. The van der Waals surface area contributed by atoms with E-state index in [2.05, 4.69) is 36.1 Å². The maximum absolute atomic E-state index is 12.1. The van der Waals surface area contributed by atoms with E-state index in [9.17, 15) is 9.59 Å². The van der Waals surface area contributed by atoms with E-state index in [1.165, 1.54) is 4.68 Å². The van der Waals surface area contributed by atoms with Gasteiger partial charge in [0.15, 0.2) is 0 Å². The molecule has 0 aromatic carbocycles. The monoisotopic (exact) mass is 320 g/mol. The fraction of sp³-hybridized carbons (Fsp3) is 0.706. The number of nitrogens with zero attached hydrogens (tertiary/aromatic N) is 3. The molecule has 1 aromatic heterocycles. The molecule has 6 heteroatoms. The molecule has 0 spiro atoms. The van der Waals surface area contributed by atoms with Crippen molar-refractivity contribution in [2.24, 2.45) is 0 Å². The first-order valence-electron chi connectivity index (χ1n) is 8.40. The highest BCUT2D eigenvalue weighted by molar-refractivity contribution is 5.75. The van der Waals surface area contributed by atoms with E-state index >= 15 is 0 Å². The third kappa shape index (κ3) is 4.89. The highest BCUT2D eigenvalue weighted by atomic mass is 16.1. The number of rotatable bonds is 4. The van der Waals surface area contributed by atoms with E-state index in [1.807, 2.05) is 6.92 Å². The van der Waals surface area contributed by atoms with E-state index in [-0.39, 0.29) is 22.9 Å². The number of amides is 1. The van der Waals surface area contributed by atoms with Gasteiger partial charge in [-0.1, -0.05) is 27.7 Å². The molecule has 0 saturated carbocycles. The molecule has 1 N–H and O–H groups in total. The van der Waals surface area contributed by atoms with Crippen LogP contribution < -0.4 is 10.9 Å². The van der Waals surface area contributed by atoms with Gasteiger partial charge in [0.1, 0.15) is 0 Å². The van der Waals surface area contributed by atoms with Gasteiger partial charge < -0.3 is 5.32 Å². The summed E-state index contributed by atoms with van der Waals surface area (Å²) in [5.74, 6) is 0.0851. The minimum atomic E-state index is -0.0883. The van der Waals surface area contributed by atoms with Crippen molar-refractivity contribution < 1.29 is 4.79 Å². The summed E-state index contributed by atoms with van der Waals surface area (Å²) in [5, 5.41) is 7.56. The molecule has 1 aliphatic heterocycles. The molecule has 23 heavy (non-hydrogen) atoms. The number of nitrogens with one attached hydrogen (secondary N) is 1. The maximum atomic E-state index is 12.1. The molecule has 1 amide bonds. The van der Waals surface area contributed by atoms with Gasteiger partial charge >= 0.3 is 0 Å². The van der Waals surface area contributed by atoms with Gasteiger partial charge in [0.05, 0.1) is 12.4 Å². The number of hydrogen-bond donors (Lipinski definition) is 1. The minimum Gasteiger partial charge on any atom is -0.352 e. The Bertz CT molecular complexity index is 603. The average Bonchev–Trinajstić information content (AvgIpc) is 2.48. The van der Waals surface area contributed by atoms with Crippen LogP contribution in [0.3, 0.4) is 0 Å². The van der Waals surface area contributed by atoms with Crippen LogP contribution in [0.25, 0.3) is 0 Å². The molecule has 1 aromatic rings. The van der Waals surface area contributed by atoms with Crippen LogP contribution in [-0.2, 0) is 16.9 Å². The van der Waals surface area contributed by atoms with Crippen molar-refractivity contribution in [3.8, 4) is 0 Å². The molecule has 1 saturated heterocycles. The summed E-state index contributed by atoms with van der Waals surface area (Å²) >= 11 is 0. The van der Waals surface area contributed by atoms with Gasteiger partial charge in [-0.15, -0.1) is 0 Å². The molecule has 1 fully saturated rings. The van der Waals surface area contributed by atoms with Crippen LogP contribution in [0.5, 0.6) is 0 Å². The van der Waals surface area contributed by atoms with Gasteiger partial charge in [0.2, 0.25) is 5.91 Å². The Hall–Kier alpha value is -1.69. The first-order chi connectivity index (χ1) is 10.8. The number of likely N-dealkylation sites (tertiary alicyclic amines) is 1. The Balaban J connectivity index is 2.06. The zero-order valence-corrected chi connectivity index (χ0v) is 14.6.